The molecule has 0 bridgehead atoms. The first-order chi connectivity index (χ1) is 11.1. The predicted molar refractivity (Wildman–Crippen MR) is 89.5 cm³/mol. The minimum atomic E-state index is -0.237. The molecule has 0 fully saturated rings. The molecule has 0 radical (unpaired) electrons. The molecule has 3 nitrogen and oxygen atoms in total. The van der Waals surface area contributed by atoms with E-state index in [0.717, 1.165) is 11.4 Å². The van der Waals surface area contributed by atoms with Crippen LogP contribution < -0.4 is 5.32 Å². The zero-order chi connectivity index (χ0) is 16.2. The Hall–Kier alpha value is -2.46. The zero-order valence-corrected chi connectivity index (χ0v) is 13.3. The molecule has 0 aliphatic carbocycles. The van der Waals surface area contributed by atoms with E-state index >= 15 is 0 Å². The van der Waals surface area contributed by atoms with Gasteiger partial charge in [-0.15, -0.1) is 0 Å². The van der Waals surface area contributed by atoms with E-state index in [2.05, 4.69) is 35.4 Å². The van der Waals surface area contributed by atoms with Crippen LogP contribution in [0.4, 0.5) is 4.39 Å². The van der Waals surface area contributed by atoms with Crippen LogP contribution in [0, 0.1) is 12.7 Å². The maximum atomic E-state index is 13.6. The zero-order valence-electron chi connectivity index (χ0n) is 13.3. The molecule has 0 saturated carbocycles. The average molecular weight is 309 g/mol. The van der Waals surface area contributed by atoms with Crippen molar-refractivity contribution in [3.63, 3.8) is 0 Å². The second-order valence-corrected chi connectivity index (χ2v) is 5.75. The summed E-state index contributed by atoms with van der Waals surface area (Å²) in [5.74, 6) is 0.627. The number of hydrogen-bond acceptors (Lipinski definition) is 2. The van der Waals surface area contributed by atoms with Crippen molar-refractivity contribution in [1.82, 2.24) is 14.9 Å². The molecule has 1 atom stereocenters. The highest BCUT2D eigenvalue weighted by Gasteiger charge is 2.18. The molecule has 0 aliphatic rings. The Kier molecular flexibility index (Phi) is 4.53. The van der Waals surface area contributed by atoms with E-state index in [-0.39, 0.29) is 11.9 Å². The summed E-state index contributed by atoms with van der Waals surface area (Å²) >= 11 is 0. The molecule has 0 spiro atoms. The van der Waals surface area contributed by atoms with Crippen molar-refractivity contribution in [2.24, 2.45) is 7.05 Å². The van der Waals surface area contributed by atoms with Crippen molar-refractivity contribution >= 4 is 0 Å². The maximum absolute atomic E-state index is 13.6. The molecule has 2 aromatic carbocycles. The van der Waals surface area contributed by atoms with Crippen molar-refractivity contribution in [1.29, 1.82) is 0 Å². The van der Waals surface area contributed by atoms with Gasteiger partial charge in [0.15, 0.2) is 0 Å². The van der Waals surface area contributed by atoms with Crippen LogP contribution in [0.5, 0.6) is 0 Å². The normalized spacial score (nSPS) is 12.3. The summed E-state index contributed by atoms with van der Waals surface area (Å²) in [5, 5.41) is 3.50. The quantitative estimate of drug-likeness (QED) is 0.778. The number of aryl methyl sites for hydroxylation is 2. The molecule has 3 aromatic rings. The number of nitrogens with zero attached hydrogens (tertiary/aromatic N) is 2. The number of halogens is 1. The standard InChI is InChI=1S/C19H20FN3/c1-14-5-3-6-15(11-14)13-22-18(19-21-9-10-23(19)2)16-7-4-8-17(20)12-16/h3-12,18,22H,13H2,1-2H3. The Labute approximate surface area is 135 Å². The van der Waals surface area contributed by atoms with Gasteiger partial charge in [-0.25, -0.2) is 9.37 Å². The van der Waals surface area contributed by atoms with Gasteiger partial charge in [-0.2, -0.15) is 0 Å². The molecular formula is C19H20FN3. The van der Waals surface area contributed by atoms with Crippen molar-refractivity contribution in [3.8, 4) is 0 Å². The third-order valence-corrected chi connectivity index (χ3v) is 3.89. The molecule has 23 heavy (non-hydrogen) atoms. The van der Waals surface area contributed by atoms with Gasteiger partial charge in [-0.1, -0.05) is 42.0 Å². The number of aromatic nitrogens is 2. The van der Waals surface area contributed by atoms with Gasteiger partial charge >= 0.3 is 0 Å². The van der Waals surface area contributed by atoms with E-state index in [1.807, 2.05) is 29.9 Å². The fourth-order valence-corrected chi connectivity index (χ4v) is 2.74. The number of nitrogens with one attached hydrogen (secondary N) is 1. The van der Waals surface area contributed by atoms with Gasteiger partial charge in [0, 0.05) is 26.0 Å². The van der Waals surface area contributed by atoms with Gasteiger partial charge in [0.25, 0.3) is 0 Å². The average Bonchev–Trinajstić information content (AvgIpc) is 2.94. The lowest BCUT2D eigenvalue weighted by Gasteiger charge is -2.19. The molecule has 118 valence electrons. The molecule has 1 N–H and O–H groups in total. The summed E-state index contributed by atoms with van der Waals surface area (Å²) in [6.07, 6.45) is 3.66. The molecule has 0 amide bonds. The number of benzene rings is 2. The second kappa shape index (κ2) is 6.75. The summed E-state index contributed by atoms with van der Waals surface area (Å²) in [6.45, 7) is 2.77. The maximum Gasteiger partial charge on any atom is 0.130 e. The van der Waals surface area contributed by atoms with E-state index in [0.29, 0.717) is 6.54 Å². The Bertz CT molecular complexity index is 795. The molecule has 1 aromatic heterocycles. The summed E-state index contributed by atoms with van der Waals surface area (Å²) in [7, 11) is 1.95. The summed E-state index contributed by atoms with van der Waals surface area (Å²) < 4.78 is 15.6. The van der Waals surface area contributed by atoms with Crippen LogP contribution in [0.15, 0.2) is 60.9 Å². The Morgan fingerprint density at radius 1 is 1.17 bits per heavy atom. The third kappa shape index (κ3) is 3.66. The van der Waals surface area contributed by atoms with Gasteiger partial charge in [-0.05, 0) is 30.2 Å². The first kappa shape index (κ1) is 15.4. The van der Waals surface area contributed by atoms with Crippen LogP contribution in [0.1, 0.15) is 28.6 Å². The lowest BCUT2D eigenvalue weighted by Crippen LogP contribution is -2.25. The Morgan fingerprint density at radius 2 is 2.00 bits per heavy atom. The molecule has 1 unspecified atom stereocenters. The van der Waals surface area contributed by atoms with Gasteiger partial charge in [0.1, 0.15) is 11.6 Å². The van der Waals surface area contributed by atoms with Crippen molar-refractivity contribution in [3.05, 3.63) is 89.3 Å². The van der Waals surface area contributed by atoms with E-state index in [1.165, 1.54) is 17.2 Å². The van der Waals surface area contributed by atoms with Crippen molar-refractivity contribution in [2.45, 2.75) is 19.5 Å². The summed E-state index contributed by atoms with van der Waals surface area (Å²) in [6, 6.07) is 14.9. The SMILES string of the molecule is Cc1cccc(CNC(c2cccc(F)c2)c2nccn2C)c1. The number of rotatable bonds is 5. The molecule has 3 rings (SSSR count). The lowest BCUT2D eigenvalue weighted by molar-refractivity contribution is 0.551. The summed E-state index contributed by atoms with van der Waals surface area (Å²) in [4.78, 5) is 4.43. The van der Waals surface area contributed by atoms with Crippen LogP contribution >= 0.6 is 0 Å². The highest BCUT2D eigenvalue weighted by Crippen LogP contribution is 2.22. The highest BCUT2D eigenvalue weighted by atomic mass is 19.1. The molecule has 1 heterocycles. The van der Waals surface area contributed by atoms with E-state index < -0.39 is 0 Å². The molecule has 0 saturated heterocycles. The van der Waals surface area contributed by atoms with E-state index in [4.69, 9.17) is 0 Å². The fraction of sp³-hybridized carbons (Fsp3) is 0.211. The fourth-order valence-electron chi connectivity index (χ4n) is 2.74. The van der Waals surface area contributed by atoms with Gasteiger partial charge in [-0.3, -0.25) is 5.32 Å². The highest BCUT2D eigenvalue weighted by molar-refractivity contribution is 5.27. The minimum absolute atomic E-state index is 0.161. The summed E-state index contributed by atoms with van der Waals surface area (Å²) in [5.41, 5.74) is 3.29. The van der Waals surface area contributed by atoms with Gasteiger partial charge in [0.05, 0.1) is 6.04 Å². The third-order valence-electron chi connectivity index (χ3n) is 3.89. The van der Waals surface area contributed by atoms with Gasteiger partial charge in [0.2, 0.25) is 0 Å². The first-order valence-electron chi connectivity index (χ1n) is 7.65. The number of hydrogen-bond donors (Lipinski definition) is 1. The Morgan fingerprint density at radius 3 is 2.70 bits per heavy atom. The van der Waals surface area contributed by atoms with E-state index in [9.17, 15) is 4.39 Å². The monoisotopic (exact) mass is 309 g/mol. The lowest BCUT2D eigenvalue weighted by atomic mass is 10.0. The molecule has 0 aliphatic heterocycles. The van der Waals surface area contributed by atoms with Crippen LogP contribution in [-0.4, -0.2) is 9.55 Å². The van der Waals surface area contributed by atoms with Crippen LogP contribution in [-0.2, 0) is 13.6 Å². The van der Waals surface area contributed by atoms with Crippen molar-refractivity contribution < 1.29 is 4.39 Å². The minimum Gasteiger partial charge on any atom is -0.336 e. The number of imidazole rings is 1. The predicted octanol–water partition coefficient (Wildman–Crippen LogP) is 3.75. The molecular weight excluding hydrogens is 289 g/mol. The smallest absolute Gasteiger partial charge is 0.130 e. The van der Waals surface area contributed by atoms with Crippen LogP contribution in [0.3, 0.4) is 0 Å². The first-order valence-corrected chi connectivity index (χ1v) is 7.65. The van der Waals surface area contributed by atoms with Gasteiger partial charge < -0.3 is 4.57 Å². The topological polar surface area (TPSA) is 29.9 Å². The molecule has 4 heteroatoms. The van der Waals surface area contributed by atoms with E-state index in [1.54, 1.807) is 18.3 Å². The van der Waals surface area contributed by atoms with Crippen LogP contribution in [0.2, 0.25) is 0 Å². The second-order valence-electron chi connectivity index (χ2n) is 5.75. The Balaban J connectivity index is 1.88. The largest absolute Gasteiger partial charge is 0.336 e. The van der Waals surface area contributed by atoms with Crippen molar-refractivity contribution in [2.75, 3.05) is 0 Å². The van der Waals surface area contributed by atoms with Crippen LogP contribution in [0.25, 0.3) is 0 Å².